The van der Waals surface area contributed by atoms with Crippen molar-refractivity contribution in [2.24, 2.45) is 0 Å². The molecule has 2 aromatic rings. The smallest absolute Gasteiger partial charge is 0.221 e. The van der Waals surface area contributed by atoms with Gasteiger partial charge in [-0.2, -0.15) is 0 Å². The first-order valence-electron chi connectivity index (χ1n) is 9.39. The number of aromatic nitrogens is 1. The van der Waals surface area contributed by atoms with Crippen molar-refractivity contribution in [3.05, 3.63) is 53.9 Å². The van der Waals surface area contributed by atoms with E-state index in [1.54, 1.807) is 19.5 Å². The van der Waals surface area contributed by atoms with E-state index in [1.165, 1.54) is 0 Å². The highest BCUT2D eigenvalue weighted by Gasteiger charge is 2.22. The zero-order chi connectivity index (χ0) is 19.1. The molecule has 0 radical (unpaired) electrons. The van der Waals surface area contributed by atoms with Crippen LogP contribution in [0, 0.1) is 0 Å². The number of pyridine rings is 1. The molecular weight excluding hydrogens is 342 g/mol. The number of nitrogens with zero attached hydrogens (tertiary/aromatic N) is 2. The van der Waals surface area contributed by atoms with Gasteiger partial charge in [0.05, 0.1) is 7.11 Å². The average molecular weight is 369 g/mol. The van der Waals surface area contributed by atoms with Gasteiger partial charge in [-0.25, -0.2) is 0 Å². The van der Waals surface area contributed by atoms with Gasteiger partial charge in [-0.3, -0.25) is 14.7 Å². The molecule has 0 spiro atoms. The maximum absolute atomic E-state index is 12.2. The van der Waals surface area contributed by atoms with Crippen molar-refractivity contribution in [1.82, 2.24) is 15.2 Å². The summed E-state index contributed by atoms with van der Waals surface area (Å²) in [6.45, 7) is 4.91. The molecule has 144 valence electrons. The molecular formula is C21H27N3O3. The third kappa shape index (κ3) is 5.44. The van der Waals surface area contributed by atoms with Gasteiger partial charge < -0.3 is 14.8 Å². The Labute approximate surface area is 160 Å². The lowest BCUT2D eigenvalue weighted by Crippen LogP contribution is -2.35. The van der Waals surface area contributed by atoms with Gasteiger partial charge in [0.1, 0.15) is 17.6 Å². The zero-order valence-corrected chi connectivity index (χ0v) is 16.0. The summed E-state index contributed by atoms with van der Waals surface area (Å²) in [7, 11) is 1.67. The van der Waals surface area contributed by atoms with Crippen molar-refractivity contribution in [1.29, 1.82) is 0 Å². The average Bonchev–Trinajstić information content (AvgIpc) is 2.89. The third-order valence-corrected chi connectivity index (χ3v) is 4.77. The second-order valence-electron chi connectivity index (χ2n) is 6.74. The number of carbonyl (C=O) groups excluding carboxylic acids is 1. The van der Waals surface area contributed by atoms with Crippen LogP contribution in [0.2, 0.25) is 0 Å². The molecule has 27 heavy (non-hydrogen) atoms. The lowest BCUT2D eigenvalue weighted by atomic mass is 10.1. The zero-order valence-electron chi connectivity index (χ0n) is 16.0. The lowest BCUT2D eigenvalue weighted by molar-refractivity contribution is -0.121. The van der Waals surface area contributed by atoms with Crippen molar-refractivity contribution in [3.63, 3.8) is 0 Å². The Morgan fingerprint density at radius 1 is 1.33 bits per heavy atom. The van der Waals surface area contributed by atoms with Crippen LogP contribution in [0.5, 0.6) is 11.5 Å². The molecule has 1 aliphatic rings. The van der Waals surface area contributed by atoms with Crippen molar-refractivity contribution in [2.45, 2.75) is 39.0 Å². The summed E-state index contributed by atoms with van der Waals surface area (Å²) in [5.41, 5.74) is 2.15. The van der Waals surface area contributed by atoms with E-state index in [0.717, 1.165) is 42.1 Å². The SMILES string of the molecule is CCC1CN(CCC(=O)NCc2ccncc2)Cc2cc(OC)ccc2O1. The fraction of sp³-hybridized carbons (Fsp3) is 0.429. The fourth-order valence-electron chi connectivity index (χ4n) is 3.16. The van der Waals surface area contributed by atoms with Gasteiger partial charge in [0.15, 0.2) is 0 Å². The van der Waals surface area contributed by atoms with Crippen LogP contribution < -0.4 is 14.8 Å². The highest BCUT2D eigenvalue weighted by atomic mass is 16.5. The molecule has 3 rings (SSSR count). The molecule has 1 atom stereocenters. The summed E-state index contributed by atoms with van der Waals surface area (Å²) >= 11 is 0. The molecule has 0 fully saturated rings. The maximum atomic E-state index is 12.2. The summed E-state index contributed by atoms with van der Waals surface area (Å²) in [5, 5.41) is 2.97. The van der Waals surface area contributed by atoms with Crippen molar-refractivity contribution >= 4 is 5.91 Å². The van der Waals surface area contributed by atoms with E-state index in [4.69, 9.17) is 9.47 Å². The highest BCUT2D eigenvalue weighted by Crippen LogP contribution is 2.29. The fourth-order valence-corrected chi connectivity index (χ4v) is 3.16. The number of hydrogen-bond donors (Lipinski definition) is 1. The Morgan fingerprint density at radius 2 is 2.15 bits per heavy atom. The highest BCUT2D eigenvalue weighted by molar-refractivity contribution is 5.76. The normalized spacial score (nSPS) is 16.7. The summed E-state index contributed by atoms with van der Waals surface area (Å²) in [5.74, 6) is 1.78. The second-order valence-corrected chi connectivity index (χ2v) is 6.74. The molecule has 0 bridgehead atoms. The van der Waals surface area contributed by atoms with Crippen LogP contribution in [0.3, 0.4) is 0 Å². The van der Waals surface area contributed by atoms with Gasteiger partial charge in [-0.15, -0.1) is 0 Å². The van der Waals surface area contributed by atoms with Crippen LogP contribution in [0.1, 0.15) is 30.9 Å². The van der Waals surface area contributed by atoms with Crippen LogP contribution in [0.4, 0.5) is 0 Å². The Kier molecular flexibility index (Phi) is 6.65. The third-order valence-electron chi connectivity index (χ3n) is 4.77. The number of ether oxygens (including phenoxy) is 2. The van der Waals surface area contributed by atoms with Gasteiger partial charge in [-0.1, -0.05) is 6.92 Å². The van der Waals surface area contributed by atoms with Gasteiger partial charge in [-0.05, 0) is 42.3 Å². The minimum Gasteiger partial charge on any atom is -0.497 e. The first kappa shape index (κ1) is 19.2. The summed E-state index contributed by atoms with van der Waals surface area (Å²) < 4.78 is 11.5. The van der Waals surface area contributed by atoms with Crippen LogP contribution in [0.25, 0.3) is 0 Å². The molecule has 0 saturated carbocycles. The van der Waals surface area contributed by atoms with Crippen molar-refractivity contribution < 1.29 is 14.3 Å². The van der Waals surface area contributed by atoms with E-state index in [0.29, 0.717) is 19.5 Å². The predicted molar refractivity (Wildman–Crippen MR) is 104 cm³/mol. The molecule has 1 N–H and O–H groups in total. The number of benzene rings is 1. The van der Waals surface area contributed by atoms with E-state index in [9.17, 15) is 4.79 Å². The first-order chi connectivity index (χ1) is 13.2. The molecule has 6 nitrogen and oxygen atoms in total. The van der Waals surface area contributed by atoms with Crippen molar-refractivity contribution in [3.8, 4) is 11.5 Å². The molecule has 1 aromatic carbocycles. The van der Waals surface area contributed by atoms with E-state index in [2.05, 4.69) is 22.1 Å². The van der Waals surface area contributed by atoms with Crippen LogP contribution in [0.15, 0.2) is 42.7 Å². The van der Waals surface area contributed by atoms with Gasteiger partial charge in [0.25, 0.3) is 0 Å². The minimum absolute atomic E-state index is 0.0518. The molecule has 1 amide bonds. The molecule has 0 aliphatic carbocycles. The standard InChI is InChI=1S/C21H27N3O3/c1-3-18-15-24(14-17-12-19(26-2)4-5-20(17)27-18)11-8-21(25)23-13-16-6-9-22-10-7-16/h4-7,9-10,12,18H,3,8,11,13-15H2,1-2H3,(H,23,25). The molecule has 6 heteroatoms. The van der Waals surface area contributed by atoms with E-state index < -0.39 is 0 Å². The maximum Gasteiger partial charge on any atom is 0.221 e. The van der Waals surface area contributed by atoms with E-state index in [-0.39, 0.29) is 12.0 Å². The van der Waals surface area contributed by atoms with Gasteiger partial charge in [0.2, 0.25) is 5.91 Å². The van der Waals surface area contributed by atoms with E-state index in [1.807, 2.05) is 30.3 Å². The number of methoxy groups -OCH3 is 1. The molecule has 0 saturated heterocycles. The monoisotopic (exact) mass is 369 g/mol. The molecule has 2 heterocycles. The Morgan fingerprint density at radius 3 is 2.89 bits per heavy atom. The number of amides is 1. The molecule has 1 aliphatic heterocycles. The quantitative estimate of drug-likeness (QED) is 0.813. The number of carbonyl (C=O) groups is 1. The van der Waals surface area contributed by atoms with Crippen LogP contribution in [-0.4, -0.2) is 42.1 Å². The van der Waals surface area contributed by atoms with Crippen molar-refractivity contribution in [2.75, 3.05) is 20.2 Å². The summed E-state index contributed by atoms with van der Waals surface area (Å²) in [4.78, 5) is 18.5. The van der Waals surface area contributed by atoms with E-state index >= 15 is 0 Å². The summed E-state index contributed by atoms with van der Waals surface area (Å²) in [6.07, 6.45) is 4.97. The van der Waals surface area contributed by atoms with Gasteiger partial charge >= 0.3 is 0 Å². The lowest BCUT2D eigenvalue weighted by Gasteiger charge is -2.22. The minimum atomic E-state index is 0.0518. The second kappa shape index (κ2) is 9.37. The first-order valence-corrected chi connectivity index (χ1v) is 9.39. The van der Waals surface area contributed by atoms with Gasteiger partial charge in [0, 0.05) is 50.6 Å². The number of fused-ring (bicyclic) bond motifs is 1. The number of rotatable bonds is 7. The summed E-state index contributed by atoms with van der Waals surface area (Å²) in [6, 6.07) is 9.73. The Bertz CT molecular complexity index is 752. The molecule has 1 unspecified atom stereocenters. The number of nitrogens with one attached hydrogen (secondary N) is 1. The number of hydrogen-bond acceptors (Lipinski definition) is 5. The van der Waals surface area contributed by atoms with Crippen LogP contribution in [-0.2, 0) is 17.9 Å². The topological polar surface area (TPSA) is 63.7 Å². The Hall–Kier alpha value is -2.60. The largest absolute Gasteiger partial charge is 0.497 e. The van der Waals surface area contributed by atoms with Crippen LogP contribution >= 0.6 is 0 Å². The molecule has 1 aromatic heterocycles. The Balaban J connectivity index is 1.57. The predicted octanol–water partition coefficient (Wildman–Crippen LogP) is 2.77.